The second-order valence-corrected chi connectivity index (χ2v) is 9.99. The Labute approximate surface area is 246 Å². The van der Waals surface area contributed by atoms with Gasteiger partial charge in [-0.25, -0.2) is 9.97 Å². The molecule has 0 bridgehead atoms. The minimum Gasteiger partial charge on any atom is -0.493 e. The van der Waals surface area contributed by atoms with Crippen LogP contribution in [-0.4, -0.2) is 52.3 Å². The average Bonchev–Trinajstić information content (AvgIpc) is 3.79. The van der Waals surface area contributed by atoms with Gasteiger partial charge in [-0.05, 0) is 73.2 Å². The first kappa shape index (κ1) is 28.7. The number of rotatable bonds is 14. The van der Waals surface area contributed by atoms with Gasteiger partial charge in [-0.1, -0.05) is 12.1 Å². The van der Waals surface area contributed by atoms with Crippen molar-refractivity contribution in [2.24, 2.45) is 0 Å². The van der Waals surface area contributed by atoms with E-state index in [1.54, 1.807) is 39.3 Å². The molecule has 0 atom stereocenters. The van der Waals surface area contributed by atoms with Crippen LogP contribution in [0, 0.1) is 0 Å². The van der Waals surface area contributed by atoms with Crippen molar-refractivity contribution in [3.05, 3.63) is 96.1 Å². The van der Waals surface area contributed by atoms with Crippen molar-refractivity contribution in [2.45, 2.75) is 38.8 Å². The van der Waals surface area contributed by atoms with Gasteiger partial charge in [-0.2, -0.15) is 0 Å². The molecule has 9 heteroatoms. The van der Waals surface area contributed by atoms with Gasteiger partial charge < -0.3 is 28.1 Å². The van der Waals surface area contributed by atoms with Crippen molar-refractivity contribution in [1.82, 2.24) is 19.1 Å². The molecule has 2 aromatic heterocycles. The summed E-state index contributed by atoms with van der Waals surface area (Å²) in [5.74, 6) is 2.72. The Hall–Kier alpha value is -4.79. The summed E-state index contributed by atoms with van der Waals surface area (Å²) in [5, 5.41) is 0. The Kier molecular flexibility index (Phi) is 9.72. The highest BCUT2D eigenvalue weighted by molar-refractivity contribution is 6.15. The van der Waals surface area contributed by atoms with Gasteiger partial charge in [0.05, 0.1) is 40.1 Å². The average molecular weight is 569 g/mol. The maximum Gasteiger partial charge on any atom is 0.185 e. The van der Waals surface area contributed by atoms with Gasteiger partial charge in [0.15, 0.2) is 28.8 Å². The van der Waals surface area contributed by atoms with E-state index in [-0.39, 0.29) is 5.78 Å². The van der Waals surface area contributed by atoms with Crippen LogP contribution in [0.5, 0.6) is 23.0 Å². The summed E-state index contributed by atoms with van der Waals surface area (Å²) in [6, 6.07) is 11.5. The Bertz CT molecular complexity index is 1410. The Morgan fingerprint density at radius 2 is 1.19 bits per heavy atom. The zero-order chi connectivity index (χ0) is 29.1. The normalized spacial score (nSPS) is 15.0. The van der Waals surface area contributed by atoms with Crippen LogP contribution in [0.1, 0.15) is 36.8 Å². The van der Waals surface area contributed by atoms with E-state index >= 15 is 0 Å². The lowest BCUT2D eigenvalue weighted by molar-refractivity contribution is -0.111. The third-order valence-electron chi connectivity index (χ3n) is 7.06. The number of carbonyl (C=O) groups is 1. The van der Waals surface area contributed by atoms with Crippen LogP contribution in [0.25, 0.3) is 12.2 Å². The molecule has 9 nitrogen and oxygen atoms in total. The number of ketones is 1. The number of methoxy groups -OCH3 is 2. The molecule has 218 valence electrons. The van der Waals surface area contributed by atoms with E-state index in [0.29, 0.717) is 49.1 Å². The summed E-state index contributed by atoms with van der Waals surface area (Å²) in [5.41, 5.74) is 3.36. The zero-order valence-electron chi connectivity index (χ0n) is 24.1. The molecule has 2 aromatic carbocycles. The topological polar surface area (TPSA) is 89.6 Å². The van der Waals surface area contributed by atoms with Crippen LogP contribution in [0.15, 0.2) is 85.0 Å². The van der Waals surface area contributed by atoms with Crippen molar-refractivity contribution < 1.29 is 23.7 Å². The lowest BCUT2D eigenvalue weighted by Gasteiger charge is -2.12. The smallest absolute Gasteiger partial charge is 0.185 e. The van der Waals surface area contributed by atoms with E-state index in [2.05, 4.69) is 9.97 Å². The predicted octanol–water partition coefficient (Wildman–Crippen LogP) is 5.86. The number of hydrogen-bond donors (Lipinski definition) is 0. The zero-order valence-corrected chi connectivity index (χ0v) is 24.1. The first-order valence-corrected chi connectivity index (χ1v) is 14.1. The number of Topliss-reactive ketones (excluding diaryl/α,β-unsaturated/α-hetero) is 1. The molecule has 0 radical (unpaired) electrons. The van der Waals surface area contributed by atoms with E-state index in [4.69, 9.17) is 18.9 Å². The largest absolute Gasteiger partial charge is 0.493 e. The van der Waals surface area contributed by atoms with E-state index < -0.39 is 0 Å². The molecule has 42 heavy (non-hydrogen) atoms. The number of imidazole rings is 2. The van der Waals surface area contributed by atoms with E-state index in [0.717, 1.165) is 48.2 Å². The number of hydrogen-bond acceptors (Lipinski definition) is 7. The molecule has 2 heterocycles. The monoisotopic (exact) mass is 568 g/mol. The van der Waals surface area contributed by atoms with Gasteiger partial charge in [-0.15, -0.1) is 0 Å². The molecule has 1 aliphatic rings. The first-order chi connectivity index (χ1) is 20.6. The van der Waals surface area contributed by atoms with Gasteiger partial charge in [0, 0.05) is 49.0 Å². The molecule has 1 saturated carbocycles. The SMILES string of the molecule is COc1cc(/C=C2\CC/C(=C\c3ccc(OCCCn4ccnc4)c(OC)c3)C2=O)ccc1OCCCn1ccnc1. The summed E-state index contributed by atoms with van der Waals surface area (Å²) in [4.78, 5) is 21.3. The molecule has 4 aromatic rings. The van der Waals surface area contributed by atoms with Crippen LogP contribution >= 0.6 is 0 Å². The van der Waals surface area contributed by atoms with Gasteiger partial charge in [0.2, 0.25) is 0 Å². The first-order valence-electron chi connectivity index (χ1n) is 14.1. The van der Waals surface area contributed by atoms with Gasteiger partial charge in [0.25, 0.3) is 0 Å². The quantitative estimate of drug-likeness (QED) is 0.139. The second-order valence-electron chi connectivity index (χ2n) is 9.99. The molecular weight excluding hydrogens is 532 g/mol. The van der Waals surface area contributed by atoms with Crippen LogP contribution in [0.4, 0.5) is 0 Å². The number of aromatic nitrogens is 4. The van der Waals surface area contributed by atoms with Crippen molar-refractivity contribution in [2.75, 3.05) is 27.4 Å². The summed E-state index contributed by atoms with van der Waals surface area (Å²) in [6.07, 6.45) is 18.0. The summed E-state index contributed by atoms with van der Waals surface area (Å²) < 4.78 is 27.1. The molecule has 1 aliphatic carbocycles. The number of allylic oxidation sites excluding steroid dienone is 2. The Morgan fingerprint density at radius 1 is 0.714 bits per heavy atom. The Morgan fingerprint density at radius 3 is 1.60 bits per heavy atom. The lowest BCUT2D eigenvalue weighted by Crippen LogP contribution is -2.04. The number of ether oxygens (including phenoxy) is 4. The number of nitrogens with zero attached hydrogens (tertiary/aromatic N) is 4. The van der Waals surface area contributed by atoms with Crippen LogP contribution < -0.4 is 18.9 Å². The van der Waals surface area contributed by atoms with Crippen molar-refractivity contribution in [1.29, 1.82) is 0 Å². The molecule has 5 rings (SSSR count). The van der Waals surface area contributed by atoms with Crippen molar-refractivity contribution in [3.8, 4) is 23.0 Å². The molecule has 0 N–H and O–H groups in total. The lowest BCUT2D eigenvalue weighted by atomic mass is 10.1. The van der Waals surface area contributed by atoms with E-state index in [1.807, 2.05) is 70.1 Å². The number of benzene rings is 2. The standard InChI is InChI=1S/C33H36N4O5/c1-39-31-21-25(5-9-29(31)41-17-3-13-36-15-11-34-23-36)19-27-7-8-28(33(27)38)20-26-6-10-30(32(22-26)40-2)42-18-4-14-37-16-12-35-24-37/h5-6,9-12,15-16,19-24H,3-4,7-8,13-14,17-18H2,1-2H3/b27-19+,28-20+. The van der Waals surface area contributed by atoms with Gasteiger partial charge in [-0.3, -0.25) is 4.79 Å². The fraction of sp³-hybridized carbons (Fsp3) is 0.303. The minimum atomic E-state index is 0.0626. The molecule has 0 unspecified atom stereocenters. The van der Waals surface area contributed by atoms with Crippen LogP contribution in [0.3, 0.4) is 0 Å². The second kappa shape index (κ2) is 14.2. The van der Waals surface area contributed by atoms with Crippen molar-refractivity contribution >= 4 is 17.9 Å². The predicted molar refractivity (Wildman–Crippen MR) is 161 cm³/mol. The molecule has 0 spiro atoms. The highest BCUT2D eigenvalue weighted by atomic mass is 16.5. The van der Waals surface area contributed by atoms with Crippen LogP contribution in [0.2, 0.25) is 0 Å². The maximum atomic E-state index is 13.2. The van der Waals surface area contributed by atoms with Crippen LogP contribution in [-0.2, 0) is 17.9 Å². The fourth-order valence-electron chi connectivity index (χ4n) is 4.86. The molecular formula is C33H36N4O5. The highest BCUT2D eigenvalue weighted by Crippen LogP contribution is 2.34. The van der Waals surface area contributed by atoms with Gasteiger partial charge >= 0.3 is 0 Å². The molecule has 0 aliphatic heterocycles. The van der Waals surface area contributed by atoms with E-state index in [1.165, 1.54) is 0 Å². The third kappa shape index (κ3) is 7.48. The fourth-order valence-corrected chi connectivity index (χ4v) is 4.86. The van der Waals surface area contributed by atoms with Gasteiger partial charge in [0.1, 0.15) is 0 Å². The summed E-state index contributed by atoms with van der Waals surface area (Å²) in [7, 11) is 3.25. The minimum absolute atomic E-state index is 0.0626. The number of aryl methyl sites for hydroxylation is 2. The summed E-state index contributed by atoms with van der Waals surface area (Å²) in [6.45, 7) is 2.79. The Balaban J connectivity index is 1.18. The third-order valence-corrected chi connectivity index (χ3v) is 7.06. The maximum absolute atomic E-state index is 13.2. The van der Waals surface area contributed by atoms with Crippen molar-refractivity contribution in [3.63, 3.8) is 0 Å². The molecule has 0 amide bonds. The van der Waals surface area contributed by atoms with E-state index in [9.17, 15) is 4.79 Å². The highest BCUT2D eigenvalue weighted by Gasteiger charge is 2.23. The summed E-state index contributed by atoms with van der Waals surface area (Å²) >= 11 is 0. The molecule has 0 saturated heterocycles. The molecule has 1 fully saturated rings. The number of carbonyl (C=O) groups excluding carboxylic acids is 1.